The van der Waals surface area contributed by atoms with E-state index < -0.39 is 6.04 Å². The first-order valence-corrected chi connectivity index (χ1v) is 9.40. The summed E-state index contributed by atoms with van der Waals surface area (Å²) in [6, 6.07) is -0.0819. The van der Waals surface area contributed by atoms with Crippen LogP contribution in [0.4, 0.5) is 4.79 Å². The number of hydrogen-bond acceptors (Lipinski definition) is 4. The van der Waals surface area contributed by atoms with Gasteiger partial charge in [0.1, 0.15) is 0 Å². The van der Waals surface area contributed by atoms with Crippen molar-refractivity contribution < 1.29 is 14.4 Å². The van der Waals surface area contributed by atoms with Gasteiger partial charge >= 0.3 is 6.03 Å². The zero-order chi connectivity index (χ0) is 16.8. The van der Waals surface area contributed by atoms with Crippen LogP contribution in [0.25, 0.3) is 0 Å². The summed E-state index contributed by atoms with van der Waals surface area (Å²) < 4.78 is 0. The summed E-state index contributed by atoms with van der Waals surface area (Å²) in [5, 5.41) is 9.06. The lowest BCUT2D eigenvalue weighted by Crippen LogP contribution is -2.37. The molecule has 3 N–H and O–H groups in total. The Balaban J connectivity index is 1.61. The predicted octanol–water partition coefficient (Wildman–Crippen LogP) is 1.35. The maximum atomic E-state index is 11.9. The van der Waals surface area contributed by atoms with Crippen molar-refractivity contribution in [2.24, 2.45) is 5.92 Å². The molecule has 2 aliphatic heterocycles. The largest absolute Gasteiger partial charge is 0.346 e. The van der Waals surface area contributed by atoms with E-state index in [-0.39, 0.29) is 24.0 Å². The van der Waals surface area contributed by atoms with Gasteiger partial charge in [-0.3, -0.25) is 9.59 Å². The van der Waals surface area contributed by atoms with Crippen LogP contribution in [-0.4, -0.2) is 47.4 Å². The van der Waals surface area contributed by atoms with Crippen molar-refractivity contribution in [1.82, 2.24) is 16.0 Å². The molecular weight excluding hydrogens is 314 g/mol. The number of carbonyl (C=O) groups is 2. The number of amides is 3. The van der Waals surface area contributed by atoms with E-state index in [0.29, 0.717) is 24.0 Å². The molecule has 7 heteroatoms. The van der Waals surface area contributed by atoms with Crippen LogP contribution in [0.2, 0.25) is 0 Å². The maximum Gasteiger partial charge on any atom is 0.315 e. The fraction of sp³-hybridized carbons (Fsp3) is 0.812. The minimum absolute atomic E-state index is 0.0639. The molecule has 0 spiro atoms. The van der Waals surface area contributed by atoms with E-state index in [1.807, 2.05) is 31.9 Å². The summed E-state index contributed by atoms with van der Waals surface area (Å²) in [6.45, 7) is 4.03. The summed E-state index contributed by atoms with van der Waals surface area (Å²) in [5.41, 5.74) is 0. The Hall–Kier alpha value is -1.24. The summed E-state index contributed by atoms with van der Waals surface area (Å²) in [6.07, 6.45) is 5.71. The molecule has 0 aromatic heterocycles. The fourth-order valence-electron chi connectivity index (χ4n) is 3.15. The molecule has 2 fully saturated rings. The molecule has 2 saturated heterocycles. The average molecular weight is 340 g/mol. The molecule has 129 valence electrons. The van der Waals surface area contributed by atoms with Gasteiger partial charge in [0, 0.05) is 17.4 Å². The van der Waals surface area contributed by atoms with Crippen molar-refractivity contribution in [1.29, 1.82) is 0 Å². The number of urea groups is 1. The summed E-state index contributed by atoms with van der Waals surface area (Å²) >= 11 is 1.89. The molecule has 0 bridgehead atoms. The number of carbonyl (C=O) groups excluding carboxylic acids is 3. The lowest BCUT2D eigenvalue weighted by atomic mass is 10.0. The number of unbranched alkanes of at least 4 members (excludes halogenated alkanes) is 1. The highest BCUT2D eigenvalue weighted by molar-refractivity contribution is 8.00. The molecule has 4 atom stereocenters. The van der Waals surface area contributed by atoms with Gasteiger partial charge in [-0.25, -0.2) is 4.79 Å². The SMILES string of the molecule is CC(C)C[C@@H]([C]=O)NC(=O)CCCC[C@@H]1SC[C@@H]2NC(=O)N[C@@H]21. The first kappa shape index (κ1) is 18.1. The Morgan fingerprint density at radius 3 is 2.87 bits per heavy atom. The zero-order valence-electron chi connectivity index (χ0n) is 13.8. The monoisotopic (exact) mass is 340 g/mol. The Bertz CT molecular complexity index is 444. The maximum absolute atomic E-state index is 11.9. The summed E-state index contributed by atoms with van der Waals surface area (Å²) in [4.78, 5) is 34.0. The third-order valence-electron chi connectivity index (χ3n) is 4.27. The van der Waals surface area contributed by atoms with Gasteiger partial charge in [0.05, 0.1) is 18.1 Å². The van der Waals surface area contributed by atoms with Crippen LogP contribution >= 0.6 is 11.8 Å². The minimum Gasteiger partial charge on any atom is -0.346 e. The normalized spacial score (nSPS) is 27.3. The van der Waals surface area contributed by atoms with Crippen LogP contribution in [0.15, 0.2) is 0 Å². The van der Waals surface area contributed by atoms with Gasteiger partial charge in [-0.05, 0) is 25.2 Å². The number of thioether (sulfide) groups is 1. The van der Waals surface area contributed by atoms with E-state index in [9.17, 15) is 14.4 Å². The van der Waals surface area contributed by atoms with Crippen LogP contribution in [-0.2, 0) is 9.59 Å². The van der Waals surface area contributed by atoms with Gasteiger partial charge < -0.3 is 16.0 Å². The van der Waals surface area contributed by atoms with Gasteiger partial charge in [-0.2, -0.15) is 11.8 Å². The number of hydrogen-bond donors (Lipinski definition) is 3. The van der Waals surface area contributed by atoms with Gasteiger partial charge in [0.25, 0.3) is 0 Å². The standard InChI is InChI=1S/C16H26N3O3S/c1-10(2)7-11(8-20)17-14(21)6-4-3-5-13-15-12(9-23-13)18-16(22)19-15/h10-13,15H,3-7,9H2,1-2H3,(H,17,21)(H2,18,19,22)/t11-,12-,13-,15-/m0/s1. The van der Waals surface area contributed by atoms with Crippen molar-refractivity contribution in [2.75, 3.05) is 5.75 Å². The molecular formula is C16H26N3O3S. The molecule has 6 nitrogen and oxygen atoms in total. The lowest BCUT2D eigenvalue weighted by molar-refractivity contribution is -0.121. The van der Waals surface area contributed by atoms with Crippen LogP contribution in [0.1, 0.15) is 46.0 Å². The first-order chi connectivity index (χ1) is 11.0. The van der Waals surface area contributed by atoms with E-state index in [2.05, 4.69) is 16.0 Å². The number of nitrogens with one attached hydrogen (secondary N) is 3. The van der Waals surface area contributed by atoms with Crippen LogP contribution in [0, 0.1) is 5.92 Å². The average Bonchev–Trinajstić information content (AvgIpc) is 3.02. The molecule has 1 radical (unpaired) electrons. The minimum atomic E-state index is -0.492. The fourth-order valence-corrected chi connectivity index (χ4v) is 4.69. The molecule has 3 amide bonds. The van der Waals surface area contributed by atoms with E-state index in [4.69, 9.17) is 0 Å². The molecule has 0 unspecified atom stereocenters. The highest BCUT2D eigenvalue weighted by atomic mass is 32.2. The zero-order valence-corrected chi connectivity index (χ0v) is 14.6. The van der Waals surface area contributed by atoms with Gasteiger partial charge in [0.2, 0.25) is 12.2 Å². The topological polar surface area (TPSA) is 87.3 Å². The summed E-state index contributed by atoms with van der Waals surface area (Å²) in [7, 11) is 0. The molecule has 23 heavy (non-hydrogen) atoms. The Morgan fingerprint density at radius 2 is 2.17 bits per heavy atom. The Labute approximate surface area is 141 Å². The Morgan fingerprint density at radius 1 is 1.39 bits per heavy atom. The van der Waals surface area contributed by atoms with Crippen molar-refractivity contribution in [3.05, 3.63) is 0 Å². The third-order valence-corrected chi connectivity index (χ3v) is 5.77. The molecule has 2 rings (SSSR count). The van der Waals surface area contributed by atoms with E-state index in [0.717, 1.165) is 25.0 Å². The quantitative estimate of drug-likeness (QED) is 0.437. The summed E-state index contributed by atoms with van der Waals surface area (Å²) in [5.74, 6) is 1.23. The second kappa shape index (κ2) is 8.57. The third kappa shape index (κ3) is 5.41. The van der Waals surface area contributed by atoms with Crippen molar-refractivity contribution in [3.8, 4) is 0 Å². The highest BCUT2D eigenvalue weighted by Gasteiger charge is 2.42. The van der Waals surface area contributed by atoms with E-state index >= 15 is 0 Å². The highest BCUT2D eigenvalue weighted by Crippen LogP contribution is 2.33. The smallest absolute Gasteiger partial charge is 0.315 e. The van der Waals surface area contributed by atoms with Gasteiger partial charge in [0.15, 0.2) is 0 Å². The number of fused-ring (bicyclic) bond motifs is 1. The second-order valence-corrected chi connectivity index (χ2v) is 8.01. The molecule has 0 aliphatic carbocycles. The molecule has 0 aromatic rings. The van der Waals surface area contributed by atoms with Crippen LogP contribution in [0.5, 0.6) is 0 Å². The molecule has 0 aromatic carbocycles. The first-order valence-electron chi connectivity index (χ1n) is 8.35. The Kier molecular flexibility index (Phi) is 6.74. The van der Waals surface area contributed by atoms with Crippen molar-refractivity contribution in [2.45, 2.75) is 69.3 Å². The number of rotatable bonds is 9. The lowest BCUT2D eigenvalue weighted by Gasteiger charge is -2.17. The van der Waals surface area contributed by atoms with Crippen molar-refractivity contribution in [3.63, 3.8) is 0 Å². The van der Waals surface area contributed by atoms with Crippen LogP contribution < -0.4 is 16.0 Å². The molecule has 2 heterocycles. The van der Waals surface area contributed by atoms with Gasteiger partial charge in [-0.15, -0.1) is 0 Å². The van der Waals surface area contributed by atoms with E-state index in [1.165, 1.54) is 0 Å². The molecule has 0 saturated carbocycles. The van der Waals surface area contributed by atoms with E-state index in [1.54, 1.807) is 0 Å². The van der Waals surface area contributed by atoms with Crippen molar-refractivity contribution >= 4 is 30.0 Å². The molecule has 2 aliphatic rings. The predicted molar refractivity (Wildman–Crippen MR) is 91.0 cm³/mol. The second-order valence-electron chi connectivity index (χ2n) is 6.74. The van der Waals surface area contributed by atoms with Gasteiger partial charge in [-0.1, -0.05) is 20.3 Å². The van der Waals surface area contributed by atoms with Crippen LogP contribution in [0.3, 0.4) is 0 Å².